The molecule has 1 N–H and O–H groups in total. The molecule has 3 amide bonds. The summed E-state index contributed by atoms with van der Waals surface area (Å²) in [5.41, 5.74) is 0.174. The summed E-state index contributed by atoms with van der Waals surface area (Å²) in [6.45, 7) is 6.07. The first-order valence-corrected chi connectivity index (χ1v) is 10.7. The molecule has 1 aromatic heterocycles. The number of nitrogens with zero attached hydrogens (tertiary/aromatic N) is 5. The molecule has 0 atom stereocenters. The van der Waals surface area contributed by atoms with Gasteiger partial charge < -0.3 is 15.1 Å². The van der Waals surface area contributed by atoms with Gasteiger partial charge in [0.25, 0.3) is 0 Å². The molecule has 5 heterocycles. The average Bonchev–Trinajstić information content (AvgIpc) is 3.16. The van der Waals surface area contributed by atoms with Gasteiger partial charge in [0.15, 0.2) is 0 Å². The normalized spacial score (nSPS) is 28.1. The van der Waals surface area contributed by atoms with Crippen molar-refractivity contribution in [1.82, 2.24) is 29.4 Å². The van der Waals surface area contributed by atoms with Crippen molar-refractivity contribution in [2.75, 3.05) is 39.3 Å². The van der Waals surface area contributed by atoms with Crippen LogP contribution in [-0.4, -0.2) is 80.8 Å². The van der Waals surface area contributed by atoms with Crippen LogP contribution >= 0.6 is 11.5 Å². The van der Waals surface area contributed by atoms with Crippen molar-refractivity contribution in [3.8, 4) is 0 Å². The van der Waals surface area contributed by atoms with E-state index >= 15 is 0 Å². The second-order valence-corrected chi connectivity index (χ2v) is 10.1. The van der Waals surface area contributed by atoms with Crippen LogP contribution in [0.3, 0.4) is 0 Å². The summed E-state index contributed by atoms with van der Waals surface area (Å²) >= 11 is 1.55. The summed E-state index contributed by atoms with van der Waals surface area (Å²) < 4.78 is 4.48. The molecule has 0 aromatic carbocycles. The molecule has 4 aliphatic heterocycles. The first kappa shape index (κ1) is 16.2. The van der Waals surface area contributed by atoms with Crippen molar-refractivity contribution in [3.63, 3.8) is 0 Å². The van der Waals surface area contributed by atoms with Gasteiger partial charge in [-0.25, -0.2) is 9.78 Å². The van der Waals surface area contributed by atoms with Crippen molar-refractivity contribution < 1.29 is 9.59 Å². The van der Waals surface area contributed by atoms with Crippen LogP contribution in [0.4, 0.5) is 4.79 Å². The lowest BCUT2D eigenvalue weighted by Crippen LogP contribution is -2.76. The smallest absolute Gasteiger partial charge is 0.320 e. The highest BCUT2D eigenvalue weighted by Gasteiger charge is 2.56. The van der Waals surface area contributed by atoms with E-state index in [9.17, 15) is 9.59 Å². The van der Waals surface area contributed by atoms with Crippen LogP contribution in [0.5, 0.6) is 0 Å². The Morgan fingerprint density at radius 1 is 1.15 bits per heavy atom. The fourth-order valence-electron chi connectivity index (χ4n) is 5.17. The number of amides is 3. The van der Waals surface area contributed by atoms with Crippen LogP contribution in [0, 0.1) is 5.41 Å². The number of hydrogen-bond acceptors (Lipinski definition) is 6. The van der Waals surface area contributed by atoms with Gasteiger partial charge in [-0.2, -0.15) is 4.37 Å². The topological polar surface area (TPSA) is 81.7 Å². The van der Waals surface area contributed by atoms with Crippen LogP contribution in [-0.2, 0) is 11.3 Å². The number of rotatable bonds is 3. The minimum absolute atomic E-state index is 0.121. The Labute approximate surface area is 162 Å². The fraction of sp³-hybridized carbons (Fsp3) is 0.778. The standard InChI is InChI=1S/C18H24N6O2S/c25-13-3-4-18(20-13)10-24(11-18)16(26)23-8-17(9-23)6-22(7-17)5-14-19-15(21-27-14)12-1-2-12/h12H,1-11H2,(H,20,25). The van der Waals surface area contributed by atoms with Gasteiger partial charge >= 0.3 is 6.03 Å². The molecule has 5 aliphatic rings. The summed E-state index contributed by atoms with van der Waals surface area (Å²) in [5, 5.41) is 4.17. The maximum absolute atomic E-state index is 12.6. The van der Waals surface area contributed by atoms with Gasteiger partial charge in [0.2, 0.25) is 5.91 Å². The largest absolute Gasteiger partial charge is 0.347 e. The predicted octanol–water partition coefficient (Wildman–Crippen LogP) is 0.617. The molecule has 0 bridgehead atoms. The van der Waals surface area contributed by atoms with Crippen LogP contribution in [0.25, 0.3) is 0 Å². The highest BCUT2D eigenvalue weighted by molar-refractivity contribution is 7.05. The van der Waals surface area contributed by atoms with Crippen LogP contribution in [0.15, 0.2) is 0 Å². The second-order valence-electron chi connectivity index (χ2n) is 9.29. The minimum atomic E-state index is -0.121. The number of likely N-dealkylation sites (tertiary alicyclic amines) is 3. The lowest BCUT2D eigenvalue weighted by molar-refractivity contribution is -0.121. The lowest BCUT2D eigenvalue weighted by Gasteiger charge is -2.61. The maximum atomic E-state index is 12.6. The van der Waals surface area contributed by atoms with Gasteiger partial charge in [-0.3, -0.25) is 9.69 Å². The quantitative estimate of drug-likeness (QED) is 0.821. The van der Waals surface area contributed by atoms with E-state index in [1.54, 1.807) is 11.5 Å². The molecule has 0 unspecified atom stereocenters. The zero-order chi connectivity index (χ0) is 18.2. The average molecular weight is 388 g/mol. The SMILES string of the molecule is O=C1CCC2(CN(C(=O)N3CC4(CN(Cc5nc(C6CC6)ns5)C4)C3)C2)N1. The number of urea groups is 1. The minimum Gasteiger partial charge on any atom is -0.347 e. The molecular formula is C18H24N6O2S. The first-order chi connectivity index (χ1) is 13.0. The Kier molecular flexibility index (Phi) is 3.25. The van der Waals surface area contributed by atoms with Gasteiger partial charge in [0.05, 0.1) is 12.1 Å². The van der Waals surface area contributed by atoms with Crippen molar-refractivity contribution >= 4 is 23.5 Å². The molecule has 8 nitrogen and oxygen atoms in total. The molecule has 0 radical (unpaired) electrons. The molecule has 27 heavy (non-hydrogen) atoms. The van der Waals surface area contributed by atoms with Crippen LogP contribution in [0.1, 0.15) is 42.4 Å². The molecule has 1 saturated carbocycles. The molecular weight excluding hydrogens is 364 g/mol. The molecule has 4 saturated heterocycles. The third-order valence-electron chi connectivity index (χ3n) is 6.72. The number of carbonyl (C=O) groups excluding carboxylic acids is 2. The van der Waals surface area contributed by atoms with Gasteiger partial charge in [-0.1, -0.05) is 0 Å². The number of nitrogens with one attached hydrogen (secondary N) is 1. The van der Waals surface area contributed by atoms with E-state index in [2.05, 4.69) is 19.6 Å². The fourth-order valence-corrected chi connectivity index (χ4v) is 5.94. The Morgan fingerprint density at radius 2 is 1.89 bits per heavy atom. The van der Waals surface area contributed by atoms with Crippen molar-refractivity contribution in [1.29, 1.82) is 0 Å². The molecule has 2 spiro atoms. The van der Waals surface area contributed by atoms with E-state index < -0.39 is 0 Å². The van der Waals surface area contributed by atoms with Crippen molar-refractivity contribution in [2.45, 2.75) is 43.7 Å². The lowest BCUT2D eigenvalue weighted by atomic mass is 9.73. The van der Waals surface area contributed by atoms with Crippen LogP contribution < -0.4 is 5.32 Å². The zero-order valence-electron chi connectivity index (χ0n) is 15.3. The maximum Gasteiger partial charge on any atom is 0.320 e. The zero-order valence-corrected chi connectivity index (χ0v) is 16.1. The summed E-state index contributed by atoms with van der Waals surface area (Å²) in [4.78, 5) is 35.0. The molecule has 9 heteroatoms. The molecule has 1 aromatic rings. The highest BCUT2D eigenvalue weighted by atomic mass is 32.1. The summed E-state index contributed by atoms with van der Waals surface area (Å²) in [6, 6.07) is 0.143. The Bertz CT molecular complexity index is 801. The Morgan fingerprint density at radius 3 is 2.56 bits per heavy atom. The van der Waals surface area contributed by atoms with E-state index in [1.807, 2.05) is 9.80 Å². The Hall–Kier alpha value is -1.74. The van der Waals surface area contributed by atoms with Gasteiger partial charge in [-0.05, 0) is 30.8 Å². The summed E-state index contributed by atoms with van der Waals surface area (Å²) in [7, 11) is 0. The van der Waals surface area contributed by atoms with E-state index in [-0.39, 0.29) is 17.5 Å². The van der Waals surface area contributed by atoms with Gasteiger partial charge in [0, 0.05) is 57.0 Å². The summed E-state index contributed by atoms with van der Waals surface area (Å²) in [6.07, 6.45) is 3.96. The van der Waals surface area contributed by atoms with E-state index in [4.69, 9.17) is 0 Å². The summed E-state index contributed by atoms with van der Waals surface area (Å²) in [5.74, 6) is 1.80. The van der Waals surface area contributed by atoms with E-state index in [0.29, 0.717) is 30.8 Å². The Balaban J connectivity index is 0.962. The first-order valence-electron chi connectivity index (χ1n) is 9.91. The van der Waals surface area contributed by atoms with E-state index in [1.165, 1.54) is 12.8 Å². The number of aromatic nitrogens is 2. The number of hydrogen-bond donors (Lipinski definition) is 1. The predicted molar refractivity (Wildman–Crippen MR) is 98.2 cm³/mol. The van der Waals surface area contributed by atoms with Crippen molar-refractivity contribution in [3.05, 3.63) is 10.8 Å². The third-order valence-corrected chi connectivity index (χ3v) is 7.43. The molecule has 144 valence electrons. The molecule has 6 rings (SSSR count). The number of carbonyl (C=O) groups is 2. The van der Waals surface area contributed by atoms with Crippen LogP contribution in [0.2, 0.25) is 0 Å². The highest BCUT2D eigenvalue weighted by Crippen LogP contribution is 2.42. The second kappa shape index (κ2) is 5.41. The van der Waals surface area contributed by atoms with E-state index in [0.717, 1.165) is 50.0 Å². The van der Waals surface area contributed by atoms with Gasteiger partial charge in [-0.15, -0.1) is 0 Å². The van der Waals surface area contributed by atoms with Gasteiger partial charge in [0.1, 0.15) is 10.8 Å². The van der Waals surface area contributed by atoms with Crippen molar-refractivity contribution in [2.24, 2.45) is 5.41 Å². The molecule has 1 aliphatic carbocycles. The third kappa shape index (κ3) is 2.66. The molecule has 5 fully saturated rings. The monoisotopic (exact) mass is 388 g/mol.